The number of carboxylic acid groups (broad SMARTS) is 1. The zero-order valence-electron chi connectivity index (χ0n) is 14.2. The number of benzene rings is 1. The highest BCUT2D eigenvalue weighted by molar-refractivity contribution is 6.33. The van der Waals surface area contributed by atoms with Gasteiger partial charge in [-0.25, -0.2) is 4.79 Å². The van der Waals surface area contributed by atoms with Gasteiger partial charge in [0.05, 0.1) is 0 Å². The molecule has 4 nitrogen and oxygen atoms in total. The van der Waals surface area contributed by atoms with E-state index in [9.17, 15) is 14.7 Å². The largest absolute Gasteiger partial charge is 0.507 e. The van der Waals surface area contributed by atoms with Gasteiger partial charge in [0.1, 0.15) is 5.75 Å². The minimum atomic E-state index is -1.40. The number of carbonyl (C=O) groups excluding carboxylic acids is 1. The van der Waals surface area contributed by atoms with Crippen molar-refractivity contribution in [3.63, 3.8) is 0 Å². The quantitative estimate of drug-likeness (QED) is 0.476. The fraction of sp³-hybridized carbons (Fsp3) is 0.579. The first-order valence-corrected chi connectivity index (χ1v) is 8.59. The smallest absolute Gasteiger partial charge is 0.372 e. The second kappa shape index (κ2) is 10.0. The van der Waals surface area contributed by atoms with E-state index in [1.54, 1.807) is 12.1 Å². The summed E-state index contributed by atoms with van der Waals surface area (Å²) in [6.07, 6.45) is 7.74. The second-order valence-electron chi connectivity index (χ2n) is 6.08. The Morgan fingerprint density at radius 1 is 0.913 bits per heavy atom. The van der Waals surface area contributed by atoms with Gasteiger partial charge < -0.3 is 10.2 Å². The number of Topliss-reactive ketones (excluding diaryl/α,β-unsaturated/α-hetero) is 1. The van der Waals surface area contributed by atoms with Crippen molar-refractivity contribution >= 4 is 11.8 Å². The molecule has 0 bridgehead atoms. The van der Waals surface area contributed by atoms with Crippen molar-refractivity contribution in [3.8, 4) is 5.75 Å². The number of carbonyl (C=O) groups is 2. The summed E-state index contributed by atoms with van der Waals surface area (Å²) in [6.45, 7) is 4.25. The van der Waals surface area contributed by atoms with Crippen molar-refractivity contribution < 1.29 is 19.8 Å². The van der Waals surface area contributed by atoms with Crippen molar-refractivity contribution in [1.82, 2.24) is 0 Å². The summed E-state index contributed by atoms with van der Waals surface area (Å²) in [5.41, 5.74) is 2.36. The van der Waals surface area contributed by atoms with E-state index >= 15 is 0 Å². The average Bonchev–Trinajstić information content (AvgIpc) is 2.51. The van der Waals surface area contributed by atoms with Gasteiger partial charge in [-0.05, 0) is 42.4 Å². The third-order valence-electron chi connectivity index (χ3n) is 4.03. The number of aryl methyl sites for hydroxylation is 2. The maximum atomic E-state index is 11.5. The molecule has 0 spiro atoms. The Labute approximate surface area is 138 Å². The highest BCUT2D eigenvalue weighted by Gasteiger charge is 2.16. The molecular weight excluding hydrogens is 292 g/mol. The summed E-state index contributed by atoms with van der Waals surface area (Å²) in [7, 11) is 0. The molecule has 0 aliphatic carbocycles. The average molecular weight is 320 g/mol. The van der Waals surface area contributed by atoms with Crippen LogP contribution in [0.25, 0.3) is 0 Å². The van der Waals surface area contributed by atoms with Crippen LogP contribution in [-0.2, 0) is 28.9 Å². The first-order valence-electron chi connectivity index (χ1n) is 8.59. The number of phenols is 1. The minimum absolute atomic E-state index is 0.114. The van der Waals surface area contributed by atoms with E-state index < -0.39 is 11.8 Å². The van der Waals surface area contributed by atoms with E-state index in [4.69, 9.17) is 5.11 Å². The van der Waals surface area contributed by atoms with Crippen LogP contribution < -0.4 is 0 Å². The van der Waals surface area contributed by atoms with Crippen molar-refractivity contribution in [2.24, 2.45) is 0 Å². The van der Waals surface area contributed by atoms with Gasteiger partial charge in [0.25, 0.3) is 0 Å². The summed E-state index contributed by atoms with van der Waals surface area (Å²) in [6, 6.07) is 3.57. The molecule has 0 aromatic heterocycles. The van der Waals surface area contributed by atoms with Gasteiger partial charge in [-0.3, -0.25) is 4.79 Å². The van der Waals surface area contributed by atoms with Crippen LogP contribution in [0.1, 0.15) is 69.1 Å². The summed E-state index contributed by atoms with van der Waals surface area (Å²) in [5.74, 6) is -1.89. The van der Waals surface area contributed by atoms with Gasteiger partial charge in [-0.15, -0.1) is 0 Å². The predicted molar refractivity (Wildman–Crippen MR) is 90.9 cm³/mol. The van der Waals surface area contributed by atoms with Crippen LogP contribution in [0.5, 0.6) is 5.75 Å². The van der Waals surface area contributed by atoms with Gasteiger partial charge in [-0.2, -0.15) is 0 Å². The Morgan fingerprint density at radius 2 is 1.39 bits per heavy atom. The Hall–Kier alpha value is -1.84. The fourth-order valence-electron chi connectivity index (χ4n) is 2.71. The Kier molecular flexibility index (Phi) is 8.38. The molecule has 0 atom stereocenters. The lowest BCUT2D eigenvalue weighted by atomic mass is 9.94. The highest BCUT2D eigenvalue weighted by Crippen LogP contribution is 2.28. The van der Waals surface area contributed by atoms with Crippen molar-refractivity contribution in [3.05, 3.63) is 28.8 Å². The normalized spacial score (nSPS) is 10.7. The molecule has 1 aromatic rings. The first kappa shape index (κ1) is 19.2. The van der Waals surface area contributed by atoms with E-state index in [1.165, 1.54) is 0 Å². The molecule has 128 valence electrons. The maximum absolute atomic E-state index is 11.5. The molecule has 0 heterocycles. The van der Waals surface area contributed by atoms with Crippen molar-refractivity contribution in [2.45, 2.75) is 71.6 Å². The molecule has 0 aliphatic heterocycles. The van der Waals surface area contributed by atoms with E-state index in [0.29, 0.717) is 11.3 Å². The molecule has 0 radical (unpaired) electrons. The van der Waals surface area contributed by atoms with Crippen molar-refractivity contribution in [1.29, 1.82) is 0 Å². The van der Waals surface area contributed by atoms with E-state index in [0.717, 1.165) is 62.5 Å². The minimum Gasteiger partial charge on any atom is -0.507 e. The zero-order chi connectivity index (χ0) is 17.2. The maximum Gasteiger partial charge on any atom is 0.372 e. The summed E-state index contributed by atoms with van der Waals surface area (Å²) < 4.78 is 0. The number of hydrogen-bond acceptors (Lipinski definition) is 3. The van der Waals surface area contributed by atoms with Crippen LogP contribution in [0.15, 0.2) is 12.1 Å². The van der Waals surface area contributed by atoms with Gasteiger partial charge in [0, 0.05) is 6.42 Å². The van der Waals surface area contributed by atoms with E-state index in [1.807, 2.05) is 0 Å². The molecule has 1 aromatic carbocycles. The number of hydrogen-bond donors (Lipinski definition) is 2. The number of rotatable bonds is 11. The summed E-state index contributed by atoms with van der Waals surface area (Å²) >= 11 is 0. The van der Waals surface area contributed by atoms with E-state index in [-0.39, 0.29) is 6.42 Å². The van der Waals surface area contributed by atoms with Crippen LogP contribution in [-0.4, -0.2) is 22.0 Å². The first-order chi connectivity index (χ1) is 11.0. The lowest BCUT2D eigenvalue weighted by Crippen LogP contribution is -2.15. The molecule has 1 rings (SSSR count). The molecule has 0 fully saturated rings. The van der Waals surface area contributed by atoms with Crippen LogP contribution >= 0.6 is 0 Å². The summed E-state index contributed by atoms with van der Waals surface area (Å²) in [5, 5.41) is 19.2. The molecule has 2 N–H and O–H groups in total. The molecule has 0 unspecified atom stereocenters. The third-order valence-corrected chi connectivity index (χ3v) is 4.03. The van der Waals surface area contributed by atoms with Crippen molar-refractivity contribution in [2.75, 3.05) is 0 Å². The Balaban J connectivity index is 2.98. The highest BCUT2D eigenvalue weighted by atomic mass is 16.4. The molecule has 0 aliphatic rings. The number of aromatic hydroxyl groups is 1. The molecule has 0 saturated heterocycles. The lowest BCUT2D eigenvalue weighted by molar-refractivity contribution is -0.148. The predicted octanol–water partition coefficient (Wildman–Crippen LogP) is 4.05. The van der Waals surface area contributed by atoms with Crippen LogP contribution in [0.4, 0.5) is 0 Å². The number of ketones is 1. The van der Waals surface area contributed by atoms with Crippen LogP contribution in [0.3, 0.4) is 0 Å². The topological polar surface area (TPSA) is 74.6 Å². The van der Waals surface area contributed by atoms with E-state index in [2.05, 4.69) is 13.8 Å². The number of phenolic OH excluding ortho intramolecular Hbond substituents is 1. The number of carboxylic acids is 1. The monoisotopic (exact) mass is 320 g/mol. The SMILES string of the molecule is CCCCCc1cc(CC(=O)C(=O)O)cc(CCCCC)c1O. The van der Waals surface area contributed by atoms with Gasteiger partial charge in [0.15, 0.2) is 0 Å². The standard InChI is InChI=1S/C19H28O4/c1-3-5-7-9-15-11-14(13-17(20)19(22)23)12-16(18(15)21)10-8-6-4-2/h11-12,21H,3-10,13H2,1-2H3,(H,22,23). The molecule has 0 amide bonds. The Bertz CT molecular complexity index is 503. The van der Waals surface area contributed by atoms with Gasteiger partial charge in [0.2, 0.25) is 5.78 Å². The summed E-state index contributed by atoms with van der Waals surface area (Å²) in [4.78, 5) is 22.2. The molecule has 4 heteroatoms. The van der Waals surface area contributed by atoms with Gasteiger partial charge >= 0.3 is 5.97 Å². The van der Waals surface area contributed by atoms with Crippen LogP contribution in [0, 0.1) is 0 Å². The molecule has 23 heavy (non-hydrogen) atoms. The number of unbranched alkanes of at least 4 members (excludes halogenated alkanes) is 4. The van der Waals surface area contributed by atoms with Crippen LogP contribution in [0.2, 0.25) is 0 Å². The lowest BCUT2D eigenvalue weighted by Gasteiger charge is -2.13. The third kappa shape index (κ3) is 6.43. The second-order valence-corrected chi connectivity index (χ2v) is 6.08. The number of aliphatic carboxylic acids is 1. The Morgan fingerprint density at radius 3 is 1.78 bits per heavy atom. The molecule has 0 saturated carbocycles. The van der Waals surface area contributed by atoms with Gasteiger partial charge in [-0.1, -0.05) is 51.7 Å². The zero-order valence-corrected chi connectivity index (χ0v) is 14.2. The molecular formula is C19H28O4. The fourth-order valence-corrected chi connectivity index (χ4v) is 2.71.